The molecule has 0 aromatic heterocycles. The molecule has 0 aliphatic carbocycles. The number of thioether (sulfide) groups is 1. The van der Waals surface area contributed by atoms with Gasteiger partial charge in [-0.1, -0.05) is 38.1 Å². The third-order valence-corrected chi connectivity index (χ3v) is 5.72. The van der Waals surface area contributed by atoms with Crippen LogP contribution in [0.2, 0.25) is 0 Å². The molecule has 2 heteroatoms. The van der Waals surface area contributed by atoms with Gasteiger partial charge in [-0.3, -0.25) is 0 Å². The highest BCUT2D eigenvalue weighted by atomic mass is 32.2. The summed E-state index contributed by atoms with van der Waals surface area (Å²) in [6.45, 7) is 10.3. The number of hydrogen-bond acceptors (Lipinski definition) is 2. The Morgan fingerprint density at radius 3 is 2.32 bits per heavy atom. The van der Waals surface area contributed by atoms with Crippen LogP contribution in [0.25, 0.3) is 0 Å². The topological polar surface area (TPSA) is 12.0 Å². The van der Waals surface area contributed by atoms with Crippen LogP contribution in [0.1, 0.15) is 63.6 Å². The monoisotopic (exact) mass is 277 g/mol. The lowest BCUT2D eigenvalue weighted by atomic mass is 9.99. The van der Waals surface area contributed by atoms with E-state index in [1.54, 1.807) is 0 Å². The first kappa shape index (κ1) is 14.9. The Morgan fingerprint density at radius 2 is 1.79 bits per heavy atom. The largest absolute Gasteiger partial charge is 0.309 e. The van der Waals surface area contributed by atoms with E-state index in [9.17, 15) is 0 Å². The number of rotatable bonds is 5. The average Bonchev–Trinajstić information content (AvgIpc) is 2.83. The van der Waals surface area contributed by atoms with Gasteiger partial charge in [0.1, 0.15) is 0 Å². The van der Waals surface area contributed by atoms with Crippen LogP contribution >= 0.6 is 11.8 Å². The first-order valence-corrected chi connectivity index (χ1v) is 8.46. The third kappa shape index (κ3) is 4.00. The maximum absolute atomic E-state index is 3.71. The van der Waals surface area contributed by atoms with Crippen LogP contribution in [0.4, 0.5) is 0 Å². The first-order valence-electron chi connectivity index (χ1n) is 7.47. The molecule has 2 rings (SSSR count). The highest BCUT2D eigenvalue weighted by molar-refractivity contribution is 8.00. The van der Waals surface area contributed by atoms with Gasteiger partial charge in [-0.05, 0) is 49.5 Å². The van der Waals surface area contributed by atoms with Gasteiger partial charge in [-0.2, -0.15) is 11.8 Å². The van der Waals surface area contributed by atoms with E-state index in [1.807, 2.05) is 0 Å². The molecule has 2 unspecified atom stereocenters. The van der Waals surface area contributed by atoms with Gasteiger partial charge in [0.2, 0.25) is 0 Å². The standard InChI is InChI=1S/C17H27NS/c1-13(2)15-6-8-16(9-7-15)14(3)18-12-17(4)10-5-11-19-17/h6-9,13-14,18H,5,10-12H2,1-4H3. The zero-order chi connectivity index (χ0) is 13.9. The molecule has 1 aliphatic heterocycles. The van der Waals surface area contributed by atoms with E-state index in [4.69, 9.17) is 0 Å². The summed E-state index contributed by atoms with van der Waals surface area (Å²) in [5, 5.41) is 3.71. The highest BCUT2D eigenvalue weighted by Gasteiger charge is 2.29. The second-order valence-corrected chi connectivity index (χ2v) is 8.01. The van der Waals surface area contributed by atoms with Crippen molar-refractivity contribution < 1.29 is 0 Å². The predicted octanol–water partition coefficient (Wildman–Crippen LogP) is 4.75. The lowest BCUT2D eigenvalue weighted by molar-refractivity contribution is 0.490. The fraction of sp³-hybridized carbons (Fsp3) is 0.647. The SMILES string of the molecule is CC(C)c1ccc(C(C)NCC2(C)CCCS2)cc1. The summed E-state index contributed by atoms with van der Waals surface area (Å²) in [4.78, 5) is 0. The molecule has 0 spiro atoms. The van der Waals surface area contributed by atoms with Crippen molar-refractivity contribution in [3.63, 3.8) is 0 Å². The second kappa shape index (κ2) is 6.32. The molecule has 106 valence electrons. The van der Waals surface area contributed by atoms with Crippen LogP contribution in [-0.4, -0.2) is 17.0 Å². The zero-order valence-electron chi connectivity index (χ0n) is 12.7. The third-order valence-electron chi connectivity index (χ3n) is 4.19. The smallest absolute Gasteiger partial charge is 0.0292 e. The van der Waals surface area contributed by atoms with Crippen LogP contribution in [0.5, 0.6) is 0 Å². The van der Waals surface area contributed by atoms with Crippen LogP contribution in [0.15, 0.2) is 24.3 Å². The molecule has 0 saturated carbocycles. The second-order valence-electron chi connectivity index (χ2n) is 6.33. The number of hydrogen-bond donors (Lipinski definition) is 1. The van der Waals surface area contributed by atoms with Crippen molar-refractivity contribution in [2.75, 3.05) is 12.3 Å². The summed E-state index contributed by atoms with van der Waals surface area (Å²) in [5.41, 5.74) is 2.82. The van der Waals surface area contributed by atoms with Crippen LogP contribution in [-0.2, 0) is 0 Å². The summed E-state index contributed by atoms with van der Waals surface area (Å²) in [7, 11) is 0. The number of benzene rings is 1. The van der Waals surface area contributed by atoms with E-state index in [2.05, 4.69) is 69.0 Å². The maximum atomic E-state index is 3.71. The van der Waals surface area contributed by atoms with E-state index < -0.39 is 0 Å². The molecule has 0 bridgehead atoms. The first-order chi connectivity index (χ1) is 9.00. The van der Waals surface area contributed by atoms with Crippen molar-refractivity contribution in [1.82, 2.24) is 5.32 Å². The molecule has 1 aromatic carbocycles. The van der Waals surface area contributed by atoms with Crippen LogP contribution in [0, 0.1) is 0 Å². The molecule has 0 radical (unpaired) electrons. The quantitative estimate of drug-likeness (QED) is 0.834. The van der Waals surface area contributed by atoms with Gasteiger partial charge in [0.15, 0.2) is 0 Å². The number of nitrogens with one attached hydrogen (secondary N) is 1. The van der Waals surface area contributed by atoms with Crippen molar-refractivity contribution >= 4 is 11.8 Å². The Balaban J connectivity index is 1.90. The van der Waals surface area contributed by atoms with Crippen molar-refractivity contribution in [3.8, 4) is 0 Å². The van der Waals surface area contributed by atoms with Crippen LogP contribution in [0.3, 0.4) is 0 Å². The van der Waals surface area contributed by atoms with Gasteiger partial charge in [-0.25, -0.2) is 0 Å². The normalized spacial score (nSPS) is 24.9. The minimum atomic E-state index is 0.444. The minimum Gasteiger partial charge on any atom is -0.309 e. The highest BCUT2D eigenvalue weighted by Crippen LogP contribution is 2.37. The van der Waals surface area contributed by atoms with Crippen molar-refractivity contribution in [3.05, 3.63) is 35.4 Å². The Hall–Kier alpha value is -0.470. The summed E-state index contributed by atoms with van der Waals surface area (Å²) in [5.74, 6) is 1.95. The molecule has 1 fully saturated rings. The fourth-order valence-electron chi connectivity index (χ4n) is 2.63. The van der Waals surface area contributed by atoms with Gasteiger partial charge in [0.05, 0.1) is 0 Å². The van der Waals surface area contributed by atoms with Gasteiger partial charge in [0, 0.05) is 17.3 Å². The van der Waals surface area contributed by atoms with E-state index in [-0.39, 0.29) is 0 Å². The van der Waals surface area contributed by atoms with Crippen molar-refractivity contribution in [2.45, 2.75) is 57.2 Å². The summed E-state index contributed by atoms with van der Waals surface area (Å²) >= 11 is 2.13. The zero-order valence-corrected chi connectivity index (χ0v) is 13.5. The van der Waals surface area contributed by atoms with E-state index in [0.717, 1.165) is 6.54 Å². The summed E-state index contributed by atoms with van der Waals surface area (Å²) < 4.78 is 0.451. The maximum Gasteiger partial charge on any atom is 0.0292 e. The van der Waals surface area contributed by atoms with Crippen LogP contribution < -0.4 is 5.32 Å². The van der Waals surface area contributed by atoms with Crippen molar-refractivity contribution in [1.29, 1.82) is 0 Å². The van der Waals surface area contributed by atoms with E-state index >= 15 is 0 Å². The van der Waals surface area contributed by atoms with E-state index in [0.29, 0.717) is 16.7 Å². The molecular formula is C17H27NS. The molecule has 2 atom stereocenters. The molecule has 1 aliphatic rings. The van der Waals surface area contributed by atoms with Crippen molar-refractivity contribution in [2.24, 2.45) is 0 Å². The Kier molecular flexibility index (Phi) is 4.97. The Labute approximate surface area is 122 Å². The molecule has 19 heavy (non-hydrogen) atoms. The molecule has 1 saturated heterocycles. The van der Waals surface area contributed by atoms with E-state index in [1.165, 1.54) is 29.7 Å². The summed E-state index contributed by atoms with van der Waals surface area (Å²) in [6, 6.07) is 9.53. The lowest BCUT2D eigenvalue weighted by Gasteiger charge is -2.26. The van der Waals surface area contributed by atoms with Gasteiger partial charge >= 0.3 is 0 Å². The molecular weight excluding hydrogens is 250 g/mol. The Morgan fingerprint density at radius 1 is 1.16 bits per heavy atom. The molecule has 1 aromatic rings. The minimum absolute atomic E-state index is 0.444. The molecule has 1 nitrogen and oxygen atoms in total. The molecule has 1 N–H and O–H groups in total. The fourth-order valence-corrected chi connectivity index (χ4v) is 3.89. The Bertz CT molecular complexity index is 390. The van der Waals surface area contributed by atoms with Gasteiger partial charge in [-0.15, -0.1) is 0 Å². The molecule has 1 heterocycles. The summed E-state index contributed by atoms with van der Waals surface area (Å²) in [6.07, 6.45) is 2.73. The van der Waals surface area contributed by atoms with Gasteiger partial charge < -0.3 is 5.32 Å². The lowest BCUT2D eigenvalue weighted by Crippen LogP contribution is -2.34. The van der Waals surface area contributed by atoms with Gasteiger partial charge in [0.25, 0.3) is 0 Å². The molecule has 0 amide bonds. The predicted molar refractivity (Wildman–Crippen MR) is 87.0 cm³/mol. The average molecular weight is 277 g/mol.